The van der Waals surface area contributed by atoms with Gasteiger partial charge in [-0.25, -0.2) is 19.2 Å². The predicted octanol–water partition coefficient (Wildman–Crippen LogP) is 4.03. The average molecular weight is 679 g/mol. The summed E-state index contributed by atoms with van der Waals surface area (Å²) in [5.74, 6) is -1.70. The van der Waals surface area contributed by atoms with Crippen LogP contribution >= 0.6 is 11.6 Å². The molecule has 0 unspecified atom stereocenters. The maximum absolute atomic E-state index is 14.2. The summed E-state index contributed by atoms with van der Waals surface area (Å²) in [6.07, 6.45) is 2.28. The number of halogens is 2. The molecular weight excluding hydrogens is 643 g/mol. The fourth-order valence-electron chi connectivity index (χ4n) is 6.04. The summed E-state index contributed by atoms with van der Waals surface area (Å²) in [4.78, 5) is 47.7. The summed E-state index contributed by atoms with van der Waals surface area (Å²) in [7, 11) is 0. The van der Waals surface area contributed by atoms with E-state index in [4.69, 9.17) is 36.8 Å². The average Bonchev–Trinajstić information content (AvgIpc) is 3.37. The number of carboxylic acids is 1. The van der Waals surface area contributed by atoms with Gasteiger partial charge < -0.3 is 30.2 Å². The lowest BCUT2D eigenvalue weighted by atomic mass is 9.93. The molecule has 2 aromatic heterocycles. The number of amides is 2. The van der Waals surface area contributed by atoms with Crippen molar-refractivity contribution in [2.24, 2.45) is 5.73 Å². The van der Waals surface area contributed by atoms with E-state index in [2.05, 4.69) is 14.8 Å². The topological polar surface area (TPSA) is 162 Å². The van der Waals surface area contributed by atoms with Gasteiger partial charge in [0.25, 0.3) is 5.91 Å². The van der Waals surface area contributed by atoms with Crippen molar-refractivity contribution >= 4 is 40.4 Å². The molecule has 0 radical (unpaired) electrons. The van der Waals surface area contributed by atoms with Crippen LogP contribution in [0.4, 0.5) is 4.39 Å². The van der Waals surface area contributed by atoms with E-state index in [-0.39, 0.29) is 24.2 Å². The number of nitrogens with one attached hydrogen (secondary N) is 1. The van der Waals surface area contributed by atoms with E-state index in [0.717, 1.165) is 56.0 Å². The summed E-state index contributed by atoms with van der Waals surface area (Å²) in [6, 6.07) is 13.8. The number of carbonyl (C=O) groups is 3. The van der Waals surface area contributed by atoms with E-state index in [1.54, 1.807) is 36.4 Å². The molecule has 2 amide bonds. The molecule has 0 aliphatic carbocycles. The molecule has 2 fully saturated rings. The number of likely N-dealkylation sites (tertiary alicyclic amines) is 1. The summed E-state index contributed by atoms with van der Waals surface area (Å²) in [6.45, 7) is 3.64. The molecule has 4 N–H and O–H groups in total. The highest BCUT2D eigenvalue weighted by Crippen LogP contribution is 2.30. The third-order valence-corrected chi connectivity index (χ3v) is 9.02. The number of ether oxygens (including phenoxy) is 2. The van der Waals surface area contributed by atoms with Crippen LogP contribution in [0.1, 0.15) is 59.0 Å². The van der Waals surface area contributed by atoms with Crippen LogP contribution in [0, 0.1) is 5.82 Å². The van der Waals surface area contributed by atoms with Gasteiger partial charge >= 0.3 is 5.97 Å². The predicted molar refractivity (Wildman–Crippen MR) is 174 cm³/mol. The van der Waals surface area contributed by atoms with Crippen molar-refractivity contribution in [2.45, 2.75) is 63.4 Å². The van der Waals surface area contributed by atoms with Crippen molar-refractivity contribution < 1.29 is 33.4 Å². The molecule has 14 heteroatoms. The number of aliphatic carboxylic acids is 1. The molecule has 2 saturated heterocycles. The normalized spacial score (nSPS) is 17.5. The summed E-state index contributed by atoms with van der Waals surface area (Å²) in [5, 5.41) is 12.1. The zero-order valence-corrected chi connectivity index (χ0v) is 26.9. The number of hydrogen-bond acceptors (Lipinski definition) is 8. The van der Waals surface area contributed by atoms with Gasteiger partial charge in [-0.1, -0.05) is 23.7 Å². The van der Waals surface area contributed by atoms with Gasteiger partial charge in [-0.2, -0.15) is 0 Å². The fourth-order valence-corrected chi connectivity index (χ4v) is 6.19. The van der Waals surface area contributed by atoms with Gasteiger partial charge in [0, 0.05) is 40.4 Å². The number of pyridine rings is 1. The van der Waals surface area contributed by atoms with Crippen LogP contribution in [0.2, 0.25) is 5.02 Å². The second-order valence-corrected chi connectivity index (χ2v) is 12.6. The SMILES string of the molecule is NC(=O)C[C@H](NC(=O)c1ccc2c(c1)nc(CN1CCC(c3cccc(OCc4ccc(Cl)cc4F)n3)CC1)n2C[C@@H]1CCO1)C(=O)O. The zero-order chi connectivity index (χ0) is 33.8. The molecule has 4 heterocycles. The summed E-state index contributed by atoms with van der Waals surface area (Å²) < 4.78 is 27.8. The number of rotatable bonds is 13. The fraction of sp³-hybridized carbons (Fsp3) is 0.382. The van der Waals surface area contributed by atoms with Crippen LogP contribution in [-0.4, -0.2) is 74.2 Å². The van der Waals surface area contributed by atoms with Gasteiger partial charge in [0.05, 0.1) is 36.6 Å². The molecule has 252 valence electrons. The minimum atomic E-state index is -1.43. The van der Waals surface area contributed by atoms with E-state index in [1.807, 2.05) is 12.1 Å². The van der Waals surface area contributed by atoms with Crippen molar-refractivity contribution in [1.82, 2.24) is 24.8 Å². The van der Waals surface area contributed by atoms with E-state index in [0.29, 0.717) is 35.1 Å². The van der Waals surface area contributed by atoms with Gasteiger partial charge in [0.2, 0.25) is 11.8 Å². The quantitative estimate of drug-likeness (QED) is 0.190. The van der Waals surface area contributed by atoms with Crippen molar-refractivity contribution in [3.8, 4) is 5.88 Å². The second-order valence-electron chi connectivity index (χ2n) is 12.1. The number of imidazole rings is 1. The van der Waals surface area contributed by atoms with E-state index in [1.165, 1.54) is 6.07 Å². The summed E-state index contributed by atoms with van der Waals surface area (Å²) in [5.41, 5.74) is 8.17. The van der Waals surface area contributed by atoms with Crippen molar-refractivity contribution in [3.63, 3.8) is 0 Å². The number of aromatic nitrogens is 3. The number of benzene rings is 2. The van der Waals surface area contributed by atoms with Crippen LogP contribution in [0.3, 0.4) is 0 Å². The first-order chi connectivity index (χ1) is 23.1. The van der Waals surface area contributed by atoms with Crippen molar-refractivity contribution in [3.05, 3.63) is 88.1 Å². The molecule has 0 bridgehead atoms. The smallest absolute Gasteiger partial charge is 0.326 e. The highest BCUT2D eigenvalue weighted by molar-refractivity contribution is 6.30. The molecule has 0 spiro atoms. The van der Waals surface area contributed by atoms with Gasteiger partial charge in [-0.3, -0.25) is 14.5 Å². The van der Waals surface area contributed by atoms with Crippen LogP contribution < -0.4 is 15.8 Å². The summed E-state index contributed by atoms with van der Waals surface area (Å²) >= 11 is 5.85. The van der Waals surface area contributed by atoms with Gasteiger partial charge in [-0.05, 0) is 68.8 Å². The third-order valence-electron chi connectivity index (χ3n) is 8.78. The number of hydrogen-bond donors (Lipinski definition) is 3. The standard InChI is InChI=1S/C34H36ClFN6O6/c35-23-6-4-22(25(36)15-23)19-48-32-3-1-2-26(39-32)20-8-11-41(12-9-20)18-31-38-27-14-21(33(44)40-28(34(45)46)16-30(37)43)5-7-29(27)42(31)17-24-10-13-47-24/h1-7,14-15,20,24,28H,8-13,16-19H2,(H2,37,43)(H,40,44)(H,45,46)/t24-,28-/m0/s1. The van der Waals surface area contributed by atoms with Crippen LogP contribution in [0.5, 0.6) is 5.88 Å². The lowest BCUT2D eigenvalue weighted by Crippen LogP contribution is -2.43. The lowest BCUT2D eigenvalue weighted by Gasteiger charge is -2.32. The van der Waals surface area contributed by atoms with Crippen LogP contribution in [0.15, 0.2) is 54.6 Å². The molecular formula is C34H36ClFN6O6. The van der Waals surface area contributed by atoms with Gasteiger partial charge in [0.1, 0.15) is 24.3 Å². The molecule has 6 rings (SSSR count). The Morgan fingerprint density at radius 2 is 1.90 bits per heavy atom. The first kappa shape index (κ1) is 33.3. The molecule has 2 aliphatic rings. The Balaban J connectivity index is 1.11. The number of primary amides is 1. The van der Waals surface area contributed by atoms with Crippen LogP contribution in [0.25, 0.3) is 11.0 Å². The maximum Gasteiger partial charge on any atom is 0.326 e. The molecule has 12 nitrogen and oxygen atoms in total. The number of carboxylic acid groups (broad SMARTS) is 1. The van der Waals surface area contributed by atoms with E-state index >= 15 is 0 Å². The Labute approximate surface area is 281 Å². The molecule has 0 saturated carbocycles. The molecule has 4 aromatic rings. The Morgan fingerprint density at radius 3 is 2.58 bits per heavy atom. The van der Waals surface area contributed by atoms with Gasteiger partial charge in [0.15, 0.2) is 0 Å². The van der Waals surface area contributed by atoms with E-state index in [9.17, 15) is 23.9 Å². The highest BCUT2D eigenvalue weighted by Gasteiger charge is 2.27. The third kappa shape index (κ3) is 7.92. The number of nitrogens with two attached hydrogens (primary N) is 1. The highest BCUT2D eigenvalue weighted by atomic mass is 35.5. The number of piperidine rings is 1. The molecule has 2 aromatic carbocycles. The van der Waals surface area contributed by atoms with Crippen molar-refractivity contribution in [1.29, 1.82) is 0 Å². The first-order valence-corrected chi connectivity index (χ1v) is 16.2. The minimum Gasteiger partial charge on any atom is -0.480 e. The number of fused-ring (bicyclic) bond motifs is 1. The monoisotopic (exact) mass is 678 g/mol. The lowest BCUT2D eigenvalue weighted by molar-refractivity contribution is -0.140. The van der Waals surface area contributed by atoms with Crippen LogP contribution in [-0.2, 0) is 34.0 Å². The number of nitrogens with zero attached hydrogens (tertiary/aromatic N) is 4. The Morgan fingerprint density at radius 1 is 1.10 bits per heavy atom. The Bertz CT molecular complexity index is 1820. The number of carbonyl (C=O) groups excluding carboxylic acids is 2. The zero-order valence-electron chi connectivity index (χ0n) is 26.1. The first-order valence-electron chi connectivity index (χ1n) is 15.8. The largest absolute Gasteiger partial charge is 0.480 e. The second kappa shape index (κ2) is 14.7. The molecule has 2 atom stereocenters. The molecule has 2 aliphatic heterocycles. The molecule has 48 heavy (non-hydrogen) atoms. The maximum atomic E-state index is 14.2. The Hall–Kier alpha value is -4.59. The van der Waals surface area contributed by atoms with Crippen molar-refractivity contribution in [2.75, 3.05) is 19.7 Å². The minimum absolute atomic E-state index is 0.0507. The van der Waals surface area contributed by atoms with E-state index < -0.39 is 36.1 Å². The van der Waals surface area contributed by atoms with Gasteiger partial charge in [-0.15, -0.1) is 0 Å². The Kier molecular flexibility index (Phi) is 10.2.